The van der Waals surface area contributed by atoms with Gasteiger partial charge in [0.15, 0.2) is 0 Å². The second-order valence-electron chi connectivity index (χ2n) is 8.61. The molecule has 0 spiro atoms. The van der Waals surface area contributed by atoms with Crippen molar-refractivity contribution >= 4 is 11.8 Å². The summed E-state index contributed by atoms with van der Waals surface area (Å²) in [6, 6.07) is 8.84. The van der Waals surface area contributed by atoms with E-state index in [-0.39, 0.29) is 36.8 Å². The number of hydrogen-bond donors (Lipinski definition) is 1. The van der Waals surface area contributed by atoms with Crippen molar-refractivity contribution in [1.29, 1.82) is 0 Å². The summed E-state index contributed by atoms with van der Waals surface area (Å²) in [7, 11) is 4.75. The molecule has 0 saturated heterocycles. The molecular formula is C25H33N3O6. The number of carbonyl (C=O) groups is 2. The van der Waals surface area contributed by atoms with Crippen LogP contribution in [-0.4, -0.2) is 91.4 Å². The molecule has 2 amide bonds. The SMILES string of the molecule is COCC(=O)N(C)C[C@H]1Oc2ncc(-c3ccccc3OC)cc2C(=O)N([C@@H](C)CO)C[C@H]1C. The molecule has 9 nitrogen and oxygen atoms in total. The molecule has 2 aromatic rings. The molecule has 184 valence electrons. The van der Waals surface area contributed by atoms with Crippen LogP contribution in [0.15, 0.2) is 36.5 Å². The maximum absolute atomic E-state index is 13.6. The van der Waals surface area contributed by atoms with Crippen molar-refractivity contribution in [1.82, 2.24) is 14.8 Å². The number of ether oxygens (including phenoxy) is 3. The van der Waals surface area contributed by atoms with Crippen molar-refractivity contribution in [2.45, 2.75) is 26.0 Å². The van der Waals surface area contributed by atoms with Crippen molar-refractivity contribution in [2.24, 2.45) is 5.92 Å². The fourth-order valence-electron chi connectivity index (χ4n) is 3.96. The summed E-state index contributed by atoms with van der Waals surface area (Å²) in [4.78, 5) is 33.5. The van der Waals surface area contributed by atoms with E-state index in [1.165, 1.54) is 7.11 Å². The number of pyridine rings is 1. The van der Waals surface area contributed by atoms with Crippen LogP contribution in [0.2, 0.25) is 0 Å². The minimum atomic E-state index is -0.421. The fraction of sp³-hybridized carbons (Fsp3) is 0.480. The Morgan fingerprint density at radius 1 is 1.32 bits per heavy atom. The Kier molecular flexibility index (Phi) is 8.46. The van der Waals surface area contributed by atoms with E-state index in [1.54, 1.807) is 43.1 Å². The lowest BCUT2D eigenvalue weighted by Gasteiger charge is -2.37. The second kappa shape index (κ2) is 11.3. The molecule has 1 aromatic carbocycles. The summed E-state index contributed by atoms with van der Waals surface area (Å²) in [5.74, 6) is 0.294. The Hall–Kier alpha value is -3.17. The molecule has 0 bridgehead atoms. The zero-order chi connectivity index (χ0) is 24.8. The number of benzene rings is 1. The molecule has 3 rings (SSSR count). The van der Waals surface area contributed by atoms with E-state index in [4.69, 9.17) is 14.2 Å². The lowest BCUT2D eigenvalue weighted by Crippen LogP contribution is -2.50. The van der Waals surface area contributed by atoms with Gasteiger partial charge in [-0.2, -0.15) is 0 Å². The number of aliphatic hydroxyl groups excluding tert-OH is 1. The Morgan fingerprint density at radius 2 is 2.06 bits per heavy atom. The summed E-state index contributed by atoms with van der Waals surface area (Å²) in [5.41, 5.74) is 1.81. The molecule has 34 heavy (non-hydrogen) atoms. The van der Waals surface area contributed by atoms with E-state index >= 15 is 0 Å². The normalized spacial score (nSPS) is 18.9. The molecule has 9 heteroatoms. The van der Waals surface area contributed by atoms with Gasteiger partial charge in [-0.15, -0.1) is 0 Å². The number of para-hydroxylation sites is 1. The summed E-state index contributed by atoms with van der Waals surface area (Å²) >= 11 is 0. The molecule has 0 unspecified atom stereocenters. The van der Waals surface area contributed by atoms with Crippen LogP contribution in [0.5, 0.6) is 11.6 Å². The van der Waals surface area contributed by atoms with Crippen LogP contribution in [0.1, 0.15) is 24.2 Å². The molecule has 0 fully saturated rings. The molecule has 0 radical (unpaired) electrons. The van der Waals surface area contributed by atoms with Crippen LogP contribution in [0.4, 0.5) is 0 Å². The van der Waals surface area contributed by atoms with Gasteiger partial charge in [-0.05, 0) is 19.1 Å². The van der Waals surface area contributed by atoms with E-state index in [2.05, 4.69) is 4.98 Å². The third-order valence-corrected chi connectivity index (χ3v) is 6.09. The van der Waals surface area contributed by atoms with Crippen molar-refractivity contribution in [2.75, 3.05) is 47.6 Å². The zero-order valence-corrected chi connectivity index (χ0v) is 20.4. The molecule has 2 heterocycles. The molecule has 1 aliphatic heterocycles. The first-order chi connectivity index (χ1) is 16.3. The highest BCUT2D eigenvalue weighted by Crippen LogP contribution is 2.34. The summed E-state index contributed by atoms with van der Waals surface area (Å²) in [6.07, 6.45) is 1.23. The van der Waals surface area contributed by atoms with Crippen molar-refractivity contribution in [3.05, 3.63) is 42.1 Å². The molecule has 3 atom stereocenters. The van der Waals surface area contributed by atoms with Gasteiger partial charge in [0.2, 0.25) is 11.8 Å². The van der Waals surface area contributed by atoms with Crippen molar-refractivity contribution in [3.63, 3.8) is 0 Å². The van der Waals surface area contributed by atoms with Gasteiger partial charge in [-0.1, -0.05) is 25.1 Å². The van der Waals surface area contributed by atoms with E-state index in [9.17, 15) is 14.7 Å². The number of amides is 2. The third kappa shape index (κ3) is 5.48. The van der Waals surface area contributed by atoms with Crippen molar-refractivity contribution < 1.29 is 28.9 Å². The van der Waals surface area contributed by atoms with Crippen LogP contribution in [-0.2, 0) is 9.53 Å². The van der Waals surface area contributed by atoms with Crippen LogP contribution < -0.4 is 9.47 Å². The predicted molar refractivity (Wildman–Crippen MR) is 127 cm³/mol. The lowest BCUT2D eigenvalue weighted by molar-refractivity contribution is -0.135. The molecule has 0 aliphatic carbocycles. The standard InChI is InChI=1S/C25H33N3O6/c1-16-12-28(17(2)14-29)25(31)20-10-18(19-8-6-7-9-21(19)33-5)11-26-24(20)34-22(16)13-27(3)23(30)15-32-4/h6-11,16-17,22,29H,12-15H2,1-5H3/t16-,17+,22-/m1/s1. The zero-order valence-electron chi connectivity index (χ0n) is 20.4. The monoisotopic (exact) mass is 471 g/mol. The predicted octanol–water partition coefficient (Wildman–Crippen LogP) is 2.08. The van der Waals surface area contributed by atoms with Gasteiger partial charge in [-0.25, -0.2) is 4.98 Å². The van der Waals surface area contributed by atoms with E-state index < -0.39 is 12.1 Å². The Bertz CT molecular complexity index is 1010. The van der Waals surface area contributed by atoms with Gasteiger partial charge in [0.25, 0.3) is 5.91 Å². The molecule has 1 aromatic heterocycles. The first kappa shape index (κ1) is 25.5. The minimum Gasteiger partial charge on any atom is -0.496 e. The Balaban J connectivity index is 2.04. The fourth-order valence-corrected chi connectivity index (χ4v) is 3.96. The maximum Gasteiger partial charge on any atom is 0.259 e. The smallest absolute Gasteiger partial charge is 0.259 e. The highest BCUT2D eigenvalue weighted by atomic mass is 16.5. The average molecular weight is 472 g/mol. The number of aliphatic hydroxyl groups is 1. The number of carbonyl (C=O) groups excluding carboxylic acids is 2. The first-order valence-electron chi connectivity index (χ1n) is 11.3. The third-order valence-electron chi connectivity index (χ3n) is 6.09. The summed E-state index contributed by atoms with van der Waals surface area (Å²) < 4.78 is 16.7. The number of nitrogens with zero attached hydrogens (tertiary/aromatic N) is 3. The van der Waals surface area contributed by atoms with Gasteiger partial charge < -0.3 is 29.1 Å². The minimum absolute atomic E-state index is 0.0269. The number of fused-ring (bicyclic) bond motifs is 1. The van der Waals surface area contributed by atoms with E-state index in [1.807, 2.05) is 31.2 Å². The van der Waals surface area contributed by atoms with Gasteiger partial charge in [0.1, 0.15) is 24.0 Å². The maximum atomic E-state index is 13.6. The number of hydrogen-bond acceptors (Lipinski definition) is 7. The summed E-state index contributed by atoms with van der Waals surface area (Å²) in [6.45, 7) is 4.21. The van der Waals surface area contributed by atoms with Gasteiger partial charge in [0.05, 0.1) is 26.3 Å². The van der Waals surface area contributed by atoms with E-state index in [0.717, 1.165) is 5.56 Å². The second-order valence-corrected chi connectivity index (χ2v) is 8.61. The largest absolute Gasteiger partial charge is 0.496 e. The van der Waals surface area contributed by atoms with Crippen molar-refractivity contribution in [3.8, 4) is 22.8 Å². The number of aromatic nitrogens is 1. The van der Waals surface area contributed by atoms with Crippen LogP contribution in [0.25, 0.3) is 11.1 Å². The van der Waals surface area contributed by atoms with Crippen LogP contribution in [0, 0.1) is 5.92 Å². The average Bonchev–Trinajstić information content (AvgIpc) is 2.85. The molecule has 1 aliphatic rings. The Morgan fingerprint density at radius 3 is 2.74 bits per heavy atom. The van der Waals surface area contributed by atoms with Crippen LogP contribution in [0.3, 0.4) is 0 Å². The lowest BCUT2D eigenvalue weighted by atomic mass is 9.99. The van der Waals surface area contributed by atoms with Crippen LogP contribution >= 0.6 is 0 Å². The quantitative estimate of drug-likeness (QED) is 0.629. The molecule has 0 saturated carbocycles. The number of methoxy groups -OCH3 is 2. The molecule has 1 N–H and O–H groups in total. The Labute approximate surface area is 200 Å². The molecular weight excluding hydrogens is 438 g/mol. The topological polar surface area (TPSA) is 101 Å². The number of rotatable bonds is 8. The van der Waals surface area contributed by atoms with E-state index in [0.29, 0.717) is 30.0 Å². The number of likely N-dealkylation sites (N-methyl/N-ethyl adjacent to an activating group) is 1. The summed E-state index contributed by atoms with van der Waals surface area (Å²) in [5, 5.41) is 9.82. The first-order valence-corrected chi connectivity index (χ1v) is 11.3. The van der Waals surface area contributed by atoms with Gasteiger partial charge in [0, 0.05) is 43.9 Å². The highest BCUT2D eigenvalue weighted by Gasteiger charge is 2.34. The van der Waals surface area contributed by atoms with Gasteiger partial charge >= 0.3 is 0 Å². The highest BCUT2D eigenvalue weighted by molar-refractivity contribution is 5.98. The van der Waals surface area contributed by atoms with Gasteiger partial charge in [-0.3, -0.25) is 9.59 Å².